The summed E-state index contributed by atoms with van der Waals surface area (Å²) in [5.74, 6) is 0.329. The number of hydrogen-bond donors (Lipinski definition) is 1. The van der Waals surface area contributed by atoms with E-state index in [2.05, 4.69) is 12.2 Å². The SMILES string of the molecule is CCCCNC(=O)C(CC)N(Cc1ccccc1C)C(=O)CCCN(c1ccc(OCC)cc1)S(C)(=O)=O. The molecule has 2 amide bonds. The van der Waals surface area contributed by atoms with Crippen LogP contribution < -0.4 is 14.4 Å². The van der Waals surface area contributed by atoms with E-state index in [9.17, 15) is 18.0 Å². The summed E-state index contributed by atoms with van der Waals surface area (Å²) in [6, 6.07) is 14.1. The third kappa shape index (κ3) is 9.35. The van der Waals surface area contributed by atoms with Crippen LogP contribution >= 0.6 is 0 Å². The largest absolute Gasteiger partial charge is 0.494 e. The average Bonchev–Trinajstić information content (AvgIpc) is 2.88. The van der Waals surface area contributed by atoms with E-state index in [0.717, 1.165) is 30.2 Å². The second-order valence-electron chi connectivity index (χ2n) is 9.38. The summed E-state index contributed by atoms with van der Waals surface area (Å²) in [4.78, 5) is 28.2. The molecule has 2 aromatic rings. The topological polar surface area (TPSA) is 96.0 Å². The Balaban J connectivity index is 2.19. The van der Waals surface area contributed by atoms with Gasteiger partial charge in [-0.3, -0.25) is 13.9 Å². The Morgan fingerprint density at radius 3 is 2.26 bits per heavy atom. The first-order chi connectivity index (χ1) is 18.1. The van der Waals surface area contributed by atoms with E-state index in [-0.39, 0.29) is 24.8 Å². The molecule has 210 valence electrons. The van der Waals surface area contributed by atoms with Crippen LogP contribution in [0.1, 0.15) is 64.0 Å². The van der Waals surface area contributed by atoms with E-state index in [1.165, 1.54) is 4.31 Å². The normalized spacial score (nSPS) is 12.0. The summed E-state index contributed by atoms with van der Waals surface area (Å²) in [6.45, 7) is 9.39. The van der Waals surface area contributed by atoms with Gasteiger partial charge in [0.25, 0.3) is 0 Å². The van der Waals surface area contributed by atoms with Gasteiger partial charge in [-0.1, -0.05) is 44.5 Å². The molecule has 9 heteroatoms. The number of anilines is 1. The Kier molecular flexibility index (Phi) is 12.6. The Morgan fingerprint density at radius 1 is 1.00 bits per heavy atom. The van der Waals surface area contributed by atoms with Crippen LogP contribution in [0.15, 0.2) is 48.5 Å². The van der Waals surface area contributed by atoms with Gasteiger partial charge in [-0.05, 0) is 68.5 Å². The molecular formula is C29H43N3O5S. The lowest BCUT2D eigenvalue weighted by molar-refractivity contribution is -0.141. The molecule has 1 N–H and O–H groups in total. The van der Waals surface area contributed by atoms with E-state index in [1.807, 2.05) is 45.0 Å². The predicted octanol–water partition coefficient (Wildman–Crippen LogP) is 4.66. The number of rotatable bonds is 16. The standard InChI is InChI=1S/C29H43N3O5S/c1-6-9-20-30-29(34)27(7-2)31(22-24-14-11-10-13-23(24)4)28(33)15-12-21-32(38(5,35)36)25-16-18-26(19-17-25)37-8-3/h10-11,13-14,16-19,27H,6-9,12,15,20-22H2,1-5H3,(H,30,34). The van der Waals surface area contributed by atoms with Crippen molar-refractivity contribution in [2.45, 2.75) is 72.4 Å². The summed E-state index contributed by atoms with van der Waals surface area (Å²) >= 11 is 0. The highest BCUT2D eigenvalue weighted by Gasteiger charge is 2.29. The number of aryl methyl sites for hydroxylation is 1. The van der Waals surface area contributed by atoms with Gasteiger partial charge in [-0.15, -0.1) is 0 Å². The van der Waals surface area contributed by atoms with E-state index in [4.69, 9.17) is 4.74 Å². The zero-order valence-corrected chi connectivity index (χ0v) is 24.2. The molecule has 0 fully saturated rings. The van der Waals surface area contributed by atoms with Gasteiger partial charge in [-0.25, -0.2) is 8.42 Å². The van der Waals surface area contributed by atoms with Crippen LogP contribution in [-0.4, -0.2) is 57.1 Å². The van der Waals surface area contributed by atoms with Crippen molar-refractivity contribution in [3.8, 4) is 5.75 Å². The molecular weight excluding hydrogens is 502 g/mol. The molecule has 0 saturated heterocycles. The minimum absolute atomic E-state index is 0.119. The van der Waals surface area contributed by atoms with Gasteiger partial charge in [0.15, 0.2) is 0 Å². The highest BCUT2D eigenvalue weighted by atomic mass is 32.2. The maximum atomic E-state index is 13.5. The lowest BCUT2D eigenvalue weighted by atomic mass is 10.1. The minimum Gasteiger partial charge on any atom is -0.494 e. The number of benzene rings is 2. The van der Waals surface area contributed by atoms with Crippen molar-refractivity contribution in [2.24, 2.45) is 0 Å². The first-order valence-electron chi connectivity index (χ1n) is 13.4. The maximum Gasteiger partial charge on any atom is 0.242 e. The molecule has 0 bridgehead atoms. The number of hydrogen-bond acceptors (Lipinski definition) is 5. The Morgan fingerprint density at radius 2 is 1.68 bits per heavy atom. The number of nitrogens with zero attached hydrogens (tertiary/aromatic N) is 2. The molecule has 2 aromatic carbocycles. The predicted molar refractivity (Wildman–Crippen MR) is 153 cm³/mol. The van der Waals surface area contributed by atoms with Gasteiger partial charge < -0.3 is 15.0 Å². The van der Waals surface area contributed by atoms with Crippen LogP contribution in [-0.2, 0) is 26.2 Å². The van der Waals surface area contributed by atoms with E-state index >= 15 is 0 Å². The smallest absolute Gasteiger partial charge is 0.242 e. The number of unbranched alkanes of at least 4 members (excludes halogenated alkanes) is 1. The number of carbonyl (C=O) groups excluding carboxylic acids is 2. The van der Waals surface area contributed by atoms with Crippen molar-refractivity contribution in [3.05, 3.63) is 59.7 Å². The van der Waals surface area contributed by atoms with E-state index in [0.29, 0.717) is 44.0 Å². The van der Waals surface area contributed by atoms with Crippen molar-refractivity contribution >= 4 is 27.5 Å². The van der Waals surface area contributed by atoms with Gasteiger partial charge in [-0.2, -0.15) is 0 Å². The summed E-state index contributed by atoms with van der Waals surface area (Å²) in [5.41, 5.74) is 2.54. The van der Waals surface area contributed by atoms with Gasteiger partial charge in [0.05, 0.1) is 18.6 Å². The monoisotopic (exact) mass is 545 g/mol. The molecule has 0 saturated carbocycles. The maximum absolute atomic E-state index is 13.5. The fraction of sp³-hybridized carbons (Fsp3) is 0.517. The Bertz CT molecular complexity index is 1140. The van der Waals surface area contributed by atoms with E-state index < -0.39 is 16.1 Å². The molecule has 38 heavy (non-hydrogen) atoms. The van der Waals surface area contributed by atoms with Gasteiger partial charge in [0.2, 0.25) is 21.8 Å². The Hall–Kier alpha value is -3.07. The van der Waals surface area contributed by atoms with Gasteiger partial charge in [0.1, 0.15) is 11.8 Å². The zero-order valence-electron chi connectivity index (χ0n) is 23.4. The fourth-order valence-corrected chi connectivity index (χ4v) is 5.24. The van der Waals surface area contributed by atoms with Crippen LogP contribution in [0.3, 0.4) is 0 Å². The summed E-state index contributed by atoms with van der Waals surface area (Å²) in [7, 11) is -3.56. The van der Waals surface area contributed by atoms with Crippen LogP contribution in [0.5, 0.6) is 5.75 Å². The number of ether oxygens (including phenoxy) is 1. The molecule has 8 nitrogen and oxygen atoms in total. The Labute approximate surface area is 228 Å². The average molecular weight is 546 g/mol. The molecule has 2 rings (SSSR count). The second-order valence-corrected chi connectivity index (χ2v) is 11.3. The van der Waals surface area contributed by atoms with Crippen LogP contribution in [0.4, 0.5) is 5.69 Å². The summed E-state index contributed by atoms with van der Waals surface area (Å²) in [6.07, 6.45) is 3.92. The summed E-state index contributed by atoms with van der Waals surface area (Å²) in [5, 5.41) is 2.97. The highest BCUT2D eigenvalue weighted by molar-refractivity contribution is 7.92. The first-order valence-corrected chi connectivity index (χ1v) is 15.3. The highest BCUT2D eigenvalue weighted by Crippen LogP contribution is 2.23. The van der Waals surface area contributed by atoms with Crippen LogP contribution in [0.25, 0.3) is 0 Å². The molecule has 1 unspecified atom stereocenters. The molecule has 0 heterocycles. The first kappa shape index (κ1) is 31.1. The second kappa shape index (κ2) is 15.4. The molecule has 0 aliphatic rings. The van der Waals surface area contributed by atoms with Gasteiger partial charge >= 0.3 is 0 Å². The zero-order chi connectivity index (χ0) is 28.1. The third-order valence-electron chi connectivity index (χ3n) is 6.41. The van der Waals surface area contributed by atoms with Crippen molar-refractivity contribution in [1.82, 2.24) is 10.2 Å². The quantitative estimate of drug-likeness (QED) is 0.310. The lowest BCUT2D eigenvalue weighted by Crippen LogP contribution is -2.49. The fourth-order valence-electron chi connectivity index (χ4n) is 4.28. The number of amides is 2. The van der Waals surface area contributed by atoms with Crippen molar-refractivity contribution in [2.75, 3.05) is 30.3 Å². The van der Waals surface area contributed by atoms with Crippen LogP contribution in [0, 0.1) is 6.92 Å². The number of carbonyl (C=O) groups is 2. The minimum atomic E-state index is -3.56. The number of nitrogens with one attached hydrogen (secondary N) is 1. The molecule has 0 aliphatic heterocycles. The molecule has 0 aliphatic carbocycles. The molecule has 0 spiro atoms. The number of sulfonamides is 1. The van der Waals surface area contributed by atoms with Gasteiger partial charge in [0, 0.05) is 26.1 Å². The molecule has 0 aromatic heterocycles. The third-order valence-corrected chi connectivity index (χ3v) is 7.60. The van der Waals surface area contributed by atoms with E-state index in [1.54, 1.807) is 29.2 Å². The van der Waals surface area contributed by atoms with Crippen molar-refractivity contribution in [1.29, 1.82) is 0 Å². The summed E-state index contributed by atoms with van der Waals surface area (Å²) < 4.78 is 31.8. The molecule has 1 atom stereocenters. The van der Waals surface area contributed by atoms with Crippen LogP contribution in [0.2, 0.25) is 0 Å². The van der Waals surface area contributed by atoms with Crippen molar-refractivity contribution < 1.29 is 22.7 Å². The lowest BCUT2D eigenvalue weighted by Gasteiger charge is -2.31. The molecule has 0 radical (unpaired) electrons. The van der Waals surface area contributed by atoms with Crippen molar-refractivity contribution in [3.63, 3.8) is 0 Å².